The predicted molar refractivity (Wildman–Crippen MR) is 144 cm³/mol. The van der Waals surface area contributed by atoms with Crippen LogP contribution in [0.2, 0.25) is 0 Å². The molecule has 8 nitrogen and oxygen atoms in total. The van der Waals surface area contributed by atoms with E-state index in [9.17, 15) is 9.18 Å². The normalized spacial score (nSPS) is 35.7. The molecule has 8 aliphatic carbocycles. The average molecular weight is 543 g/mol. The van der Waals surface area contributed by atoms with Crippen LogP contribution in [0, 0.1) is 10.8 Å². The SMILES string of the molecule is O=C(N(CC12CCC(c3nc(C4CC4)no3)(CC1)CC2)c1cccc(-n2cc(C3CC3)nn2)c1)C12CC(F)(C1)C2. The van der Waals surface area contributed by atoms with Crippen LogP contribution in [-0.2, 0) is 10.2 Å². The van der Waals surface area contributed by atoms with E-state index < -0.39 is 11.1 Å². The lowest BCUT2D eigenvalue weighted by Crippen LogP contribution is -2.71. The van der Waals surface area contributed by atoms with Crippen molar-refractivity contribution in [2.45, 2.75) is 106 Å². The molecule has 40 heavy (non-hydrogen) atoms. The summed E-state index contributed by atoms with van der Waals surface area (Å²) in [7, 11) is 0. The van der Waals surface area contributed by atoms with E-state index in [2.05, 4.69) is 21.5 Å². The fraction of sp³-hybridized carbons (Fsp3) is 0.645. The first kappa shape index (κ1) is 23.6. The zero-order valence-corrected chi connectivity index (χ0v) is 22.8. The number of fused-ring (bicyclic) bond motifs is 3. The molecular formula is C31H35FN6O2. The summed E-state index contributed by atoms with van der Waals surface area (Å²) in [6.07, 6.45) is 14.0. The first-order valence-corrected chi connectivity index (χ1v) is 15.2. The van der Waals surface area contributed by atoms with Gasteiger partial charge in [0.1, 0.15) is 5.67 Å². The van der Waals surface area contributed by atoms with E-state index in [-0.39, 0.29) is 16.7 Å². The molecule has 2 aromatic heterocycles. The number of hydrogen-bond acceptors (Lipinski definition) is 6. The summed E-state index contributed by atoms with van der Waals surface area (Å²) >= 11 is 0. The maximum absolute atomic E-state index is 14.6. The van der Waals surface area contributed by atoms with Crippen LogP contribution in [0.3, 0.4) is 0 Å². The van der Waals surface area contributed by atoms with E-state index in [1.807, 2.05) is 34.0 Å². The van der Waals surface area contributed by atoms with Gasteiger partial charge in [0.2, 0.25) is 11.8 Å². The Morgan fingerprint density at radius 1 is 1.02 bits per heavy atom. The van der Waals surface area contributed by atoms with Crippen molar-refractivity contribution >= 4 is 11.6 Å². The van der Waals surface area contributed by atoms with Crippen molar-refractivity contribution < 1.29 is 13.7 Å². The number of halogens is 1. The monoisotopic (exact) mass is 542 g/mol. The summed E-state index contributed by atoms with van der Waals surface area (Å²) in [5, 5.41) is 13.1. The Morgan fingerprint density at radius 3 is 2.42 bits per heavy atom. The molecule has 0 radical (unpaired) electrons. The number of nitrogens with zero attached hydrogens (tertiary/aromatic N) is 6. The van der Waals surface area contributed by atoms with Gasteiger partial charge in [-0.25, -0.2) is 9.07 Å². The van der Waals surface area contributed by atoms with E-state index >= 15 is 0 Å². The molecule has 8 fully saturated rings. The molecular weight excluding hydrogens is 507 g/mol. The van der Waals surface area contributed by atoms with Crippen LogP contribution in [0.5, 0.6) is 0 Å². The second-order valence-corrected chi connectivity index (χ2v) is 14.2. The number of anilines is 1. The molecule has 9 heteroatoms. The maximum Gasteiger partial charge on any atom is 0.233 e. The molecule has 0 aliphatic heterocycles. The van der Waals surface area contributed by atoms with E-state index in [0.717, 1.165) is 67.3 Å². The van der Waals surface area contributed by atoms with Crippen LogP contribution >= 0.6 is 0 Å². The van der Waals surface area contributed by atoms with Crippen molar-refractivity contribution in [3.05, 3.63) is 47.9 Å². The third-order valence-corrected chi connectivity index (χ3v) is 11.3. The molecule has 1 aromatic carbocycles. The lowest BCUT2D eigenvalue weighted by Gasteiger charge is -2.65. The molecule has 8 aliphatic rings. The Kier molecular flexibility index (Phi) is 4.60. The largest absolute Gasteiger partial charge is 0.339 e. The van der Waals surface area contributed by atoms with Crippen LogP contribution < -0.4 is 4.90 Å². The van der Waals surface area contributed by atoms with Crippen LogP contribution in [0.15, 0.2) is 35.0 Å². The average Bonchev–Trinajstić information content (AvgIpc) is 3.89. The third kappa shape index (κ3) is 3.51. The summed E-state index contributed by atoms with van der Waals surface area (Å²) < 4.78 is 22.2. The number of rotatable bonds is 8. The van der Waals surface area contributed by atoms with Gasteiger partial charge in [-0.2, -0.15) is 4.98 Å². The first-order valence-electron chi connectivity index (χ1n) is 15.2. The number of carbonyl (C=O) groups is 1. The molecule has 208 valence electrons. The molecule has 3 aromatic rings. The highest BCUT2D eigenvalue weighted by Gasteiger charge is 2.73. The highest BCUT2D eigenvalue weighted by Crippen LogP contribution is 2.70. The van der Waals surface area contributed by atoms with E-state index in [1.165, 1.54) is 25.7 Å². The van der Waals surface area contributed by atoms with Gasteiger partial charge in [0.25, 0.3) is 0 Å². The zero-order valence-electron chi connectivity index (χ0n) is 22.8. The lowest BCUT2D eigenvalue weighted by atomic mass is 9.41. The number of hydrogen-bond donors (Lipinski definition) is 0. The molecule has 0 saturated heterocycles. The molecule has 0 unspecified atom stereocenters. The molecule has 11 rings (SSSR count). The molecule has 2 heterocycles. The topological polar surface area (TPSA) is 89.9 Å². The molecule has 0 N–H and O–H groups in total. The minimum atomic E-state index is -1.11. The van der Waals surface area contributed by atoms with Crippen molar-refractivity contribution in [2.75, 3.05) is 11.4 Å². The van der Waals surface area contributed by atoms with Crippen molar-refractivity contribution in [1.29, 1.82) is 0 Å². The van der Waals surface area contributed by atoms with Crippen LogP contribution in [-0.4, -0.2) is 43.3 Å². The second kappa shape index (κ2) is 7.79. The Balaban J connectivity index is 0.997. The van der Waals surface area contributed by atoms with E-state index in [4.69, 9.17) is 9.51 Å². The summed E-state index contributed by atoms with van der Waals surface area (Å²) in [5.41, 5.74) is 1.22. The van der Waals surface area contributed by atoms with Crippen molar-refractivity contribution in [3.8, 4) is 5.69 Å². The molecule has 8 saturated carbocycles. The highest BCUT2D eigenvalue weighted by atomic mass is 19.1. The van der Waals surface area contributed by atoms with Gasteiger partial charge in [-0.05, 0) is 107 Å². The second-order valence-electron chi connectivity index (χ2n) is 14.2. The quantitative estimate of drug-likeness (QED) is 0.351. The minimum absolute atomic E-state index is 0.0164. The van der Waals surface area contributed by atoms with Gasteiger partial charge >= 0.3 is 0 Å². The number of carbonyl (C=O) groups excluding carboxylic acids is 1. The smallest absolute Gasteiger partial charge is 0.233 e. The molecule has 0 atom stereocenters. The summed E-state index contributed by atoms with van der Waals surface area (Å²) in [6.45, 7) is 0.675. The molecule has 1 amide bonds. The highest BCUT2D eigenvalue weighted by molar-refractivity contribution is 6.00. The van der Waals surface area contributed by atoms with Crippen molar-refractivity contribution in [3.63, 3.8) is 0 Å². The van der Waals surface area contributed by atoms with Gasteiger partial charge in [0.05, 0.1) is 23.0 Å². The lowest BCUT2D eigenvalue weighted by molar-refractivity contribution is -0.211. The van der Waals surface area contributed by atoms with Gasteiger partial charge in [-0.1, -0.05) is 16.4 Å². The van der Waals surface area contributed by atoms with Crippen LogP contribution in [0.1, 0.15) is 113 Å². The molecule has 0 spiro atoms. The number of alkyl halides is 1. The van der Waals surface area contributed by atoms with Gasteiger partial charge in [-0.3, -0.25) is 4.79 Å². The van der Waals surface area contributed by atoms with Crippen LogP contribution in [0.25, 0.3) is 5.69 Å². The third-order valence-electron chi connectivity index (χ3n) is 11.3. The van der Waals surface area contributed by atoms with Crippen LogP contribution in [0.4, 0.5) is 10.1 Å². The number of aromatic nitrogens is 5. The van der Waals surface area contributed by atoms with Gasteiger partial charge in [-0.15, -0.1) is 5.10 Å². The minimum Gasteiger partial charge on any atom is -0.339 e. The van der Waals surface area contributed by atoms with E-state index in [1.54, 1.807) is 0 Å². The maximum atomic E-state index is 14.6. The van der Waals surface area contributed by atoms with Gasteiger partial charge in [0, 0.05) is 29.5 Å². The Morgan fingerprint density at radius 2 is 1.75 bits per heavy atom. The first-order chi connectivity index (χ1) is 19.4. The standard InChI is InChI=1S/C31H35FN6O2/c32-31-16-30(17-31,18-31)27(39)37(22-2-1-3-23(14-22)38-15-24(34-36-38)20-4-5-20)19-28-8-11-29(12-9-28,13-10-28)26-33-25(35-40-26)21-6-7-21/h1-3,14-15,20-21H,4-13,16-19H2. The molecule has 4 bridgehead atoms. The number of benzene rings is 1. The van der Waals surface area contributed by atoms with Gasteiger partial charge < -0.3 is 9.42 Å². The Hall–Kier alpha value is -3.10. The van der Waals surface area contributed by atoms with Crippen molar-refractivity contribution in [2.24, 2.45) is 10.8 Å². The predicted octanol–water partition coefficient (Wildman–Crippen LogP) is 5.92. The summed E-state index contributed by atoms with van der Waals surface area (Å²) in [6, 6.07) is 8.11. The fourth-order valence-electron chi connectivity index (χ4n) is 8.34. The van der Waals surface area contributed by atoms with E-state index in [0.29, 0.717) is 37.6 Å². The summed E-state index contributed by atoms with van der Waals surface area (Å²) in [5.74, 6) is 2.86. The summed E-state index contributed by atoms with van der Waals surface area (Å²) in [4.78, 5) is 21.0. The Bertz CT molecular complexity index is 1470. The Labute approximate surface area is 232 Å². The zero-order chi connectivity index (χ0) is 26.7. The van der Waals surface area contributed by atoms with Crippen molar-refractivity contribution in [1.82, 2.24) is 25.1 Å². The fourth-order valence-corrected chi connectivity index (χ4v) is 8.34. The van der Waals surface area contributed by atoms with Gasteiger partial charge in [0.15, 0.2) is 5.82 Å². The number of amides is 1.